The van der Waals surface area contributed by atoms with Gasteiger partial charge in [0.25, 0.3) is 0 Å². The van der Waals surface area contributed by atoms with E-state index in [0.717, 1.165) is 50.5 Å². The predicted octanol–water partition coefficient (Wildman–Crippen LogP) is 2.54. The van der Waals surface area contributed by atoms with Crippen molar-refractivity contribution < 1.29 is 8.42 Å². The van der Waals surface area contributed by atoms with Crippen LogP contribution in [-0.4, -0.2) is 64.8 Å². The lowest BCUT2D eigenvalue weighted by Gasteiger charge is -2.22. The van der Waals surface area contributed by atoms with E-state index in [1.54, 1.807) is 12.1 Å². The first kappa shape index (κ1) is 26.1. The van der Waals surface area contributed by atoms with Crippen LogP contribution in [0, 0.1) is 0 Å². The van der Waals surface area contributed by atoms with Crippen molar-refractivity contribution in [1.82, 2.24) is 15.5 Å². The highest BCUT2D eigenvalue weighted by Gasteiger charge is 2.07. The van der Waals surface area contributed by atoms with Gasteiger partial charge in [0.05, 0.1) is 11.4 Å². The fourth-order valence-corrected chi connectivity index (χ4v) is 3.05. The van der Waals surface area contributed by atoms with E-state index in [1.165, 1.54) is 6.26 Å². The molecule has 0 saturated carbocycles. The zero-order valence-electron chi connectivity index (χ0n) is 17.2. The predicted molar refractivity (Wildman–Crippen MR) is 125 cm³/mol. The first-order valence-corrected chi connectivity index (χ1v) is 11.2. The van der Waals surface area contributed by atoms with Crippen LogP contribution in [0.5, 0.6) is 0 Å². The number of halogens is 1. The third-order valence-corrected chi connectivity index (χ3v) is 5.60. The van der Waals surface area contributed by atoms with E-state index >= 15 is 0 Å². The summed E-state index contributed by atoms with van der Waals surface area (Å²) in [6, 6.07) is 7.62. The number of guanidine groups is 1. The third-order valence-electron chi connectivity index (χ3n) is 4.47. The molecular weight excluding hydrogens is 475 g/mol. The minimum atomic E-state index is -3.14. The Morgan fingerprint density at radius 2 is 1.81 bits per heavy atom. The SMILES string of the molecule is CCNC(=NCCN(C)C(C)CC)NCCc1ccc(S(C)(=O)=O)cc1.I. The second kappa shape index (κ2) is 13.3. The molecule has 2 N–H and O–H groups in total. The van der Waals surface area contributed by atoms with E-state index in [-0.39, 0.29) is 24.0 Å². The van der Waals surface area contributed by atoms with Crippen molar-refractivity contribution in [2.45, 2.75) is 44.6 Å². The van der Waals surface area contributed by atoms with Crippen LogP contribution in [-0.2, 0) is 16.3 Å². The molecule has 0 saturated heterocycles. The highest BCUT2D eigenvalue weighted by atomic mass is 127. The van der Waals surface area contributed by atoms with Crippen molar-refractivity contribution in [3.05, 3.63) is 29.8 Å². The van der Waals surface area contributed by atoms with Gasteiger partial charge in [-0.05, 0) is 51.4 Å². The van der Waals surface area contributed by atoms with E-state index < -0.39 is 9.84 Å². The second-order valence-corrected chi connectivity index (χ2v) is 8.61. The van der Waals surface area contributed by atoms with E-state index in [0.29, 0.717) is 10.9 Å². The molecule has 1 unspecified atom stereocenters. The number of benzene rings is 1. The van der Waals surface area contributed by atoms with Gasteiger partial charge in [-0.25, -0.2) is 8.42 Å². The monoisotopic (exact) mass is 510 g/mol. The summed E-state index contributed by atoms with van der Waals surface area (Å²) in [6.45, 7) is 9.70. The summed E-state index contributed by atoms with van der Waals surface area (Å²) in [5, 5.41) is 6.59. The molecule has 6 nitrogen and oxygen atoms in total. The molecule has 0 bridgehead atoms. The summed E-state index contributed by atoms with van der Waals surface area (Å²) in [6.07, 6.45) is 3.17. The number of aliphatic imine (C=N–C) groups is 1. The molecule has 27 heavy (non-hydrogen) atoms. The van der Waals surface area contributed by atoms with E-state index in [9.17, 15) is 8.42 Å². The van der Waals surface area contributed by atoms with Crippen LogP contribution in [0.4, 0.5) is 0 Å². The Balaban J connectivity index is 0.00000676. The number of nitrogens with zero attached hydrogens (tertiary/aromatic N) is 2. The highest BCUT2D eigenvalue weighted by Crippen LogP contribution is 2.10. The second-order valence-electron chi connectivity index (χ2n) is 6.59. The number of sulfone groups is 1. The molecule has 1 aromatic carbocycles. The van der Waals surface area contributed by atoms with Crippen molar-refractivity contribution >= 4 is 39.8 Å². The minimum Gasteiger partial charge on any atom is -0.357 e. The molecule has 0 aliphatic carbocycles. The van der Waals surface area contributed by atoms with Crippen molar-refractivity contribution in [3.63, 3.8) is 0 Å². The summed E-state index contributed by atoms with van der Waals surface area (Å²) in [5.41, 5.74) is 1.09. The van der Waals surface area contributed by atoms with E-state index in [1.807, 2.05) is 19.1 Å². The van der Waals surface area contributed by atoms with Crippen LogP contribution in [0.25, 0.3) is 0 Å². The van der Waals surface area contributed by atoms with Crippen LogP contribution in [0.1, 0.15) is 32.8 Å². The van der Waals surface area contributed by atoms with Gasteiger partial charge in [0.15, 0.2) is 15.8 Å². The van der Waals surface area contributed by atoms with E-state index in [4.69, 9.17) is 0 Å². The number of nitrogens with one attached hydrogen (secondary N) is 2. The van der Waals surface area contributed by atoms with Gasteiger partial charge in [-0.1, -0.05) is 19.1 Å². The highest BCUT2D eigenvalue weighted by molar-refractivity contribution is 14.0. The molecule has 0 aliphatic rings. The van der Waals surface area contributed by atoms with Crippen LogP contribution >= 0.6 is 24.0 Å². The molecule has 0 heterocycles. The lowest BCUT2D eigenvalue weighted by Crippen LogP contribution is -2.39. The Hall–Kier alpha value is -0.870. The molecule has 1 rings (SSSR count). The Labute approximate surface area is 182 Å². The van der Waals surface area contributed by atoms with Gasteiger partial charge >= 0.3 is 0 Å². The molecule has 1 aromatic rings. The quantitative estimate of drug-likeness (QED) is 0.288. The summed E-state index contributed by atoms with van der Waals surface area (Å²) < 4.78 is 23.0. The lowest BCUT2D eigenvalue weighted by molar-refractivity contribution is 0.259. The average Bonchev–Trinajstić information content (AvgIpc) is 2.60. The molecule has 8 heteroatoms. The fourth-order valence-electron chi connectivity index (χ4n) is 2.42. The lowest BCUT2D eigenvalue weighted by atomic mass is 10.1. The molecule has 1 atom stereocenters. The first-order valence-electron chi connectivity index (χ1n) is 9.29. The van der Waals surface area contributed by atoms with Crippen molar-refractivity contribution in [3.8, 4) is 0 Å². The number of hydrogen-bond donors (Lipinski definition) is 2. The first-order chi connectivity index (χ1) is 12.3. The topological polar surface area (TPSA) is 73.8 Å². The smallest absolute Gasteiger partial charge is 0.191 e. The Bertz CT molecular complexity index is 663. The molecule has 0 amide bonds. The van der Waals surface area contributed by atoms with Crippen LogP contribution in [0.3, 0.4) is 0 Å². The molecule has 156 valence electrons. The van der Waals surface area contributed by atoms with Crippen molar-refractivity contribution in [2.75, 3.05) is 39.5 Å². The van der Waals surface area contributed by atoms with Gasteiger partial charge in [-0.3, -0.25) is 4.99 Å². The Morgan fingerprint density at radius 3 is 2.33 bits per heavy atom. The largest absolute Gasteiger partial charge is 0.357 e. The molecule has 0 aliphatic heterocycles. The van der Waals surface area contributed by atoms with E-state index in [2.05, 4.69) is 41.4 Å². The zero-order valence-corrected chi connectivity index (χ0v) is 20.3. The Morgan fingerprint density at radius 1 is 1.19 bits per heavy atom. The van der Waals surface area contributed by atoms with Gasteiger partial charge in [-0.15, -0.1) is 24.0 Å². The molecule has 0 aromatic heterocycles. The number of likely N-dealkylation sites (N-methyl/N-ethyl adjacent to an activating group) is 1. The average molecular weight is 510 g/mol. The Kier molecular flexibility index (Phi) is 12.9. The van der Waals surface area contributed by atoms with Crippen molar-refractivity contribution in [1.29, 1.82) is 0 Å². The van der Waals surface area contributed by atoms with Gasteiger partial charge in [0.1, 0.15) is 0 Å². The van der Waals surface area contributed by atoms with Gasteiger partial charge < -0.3 is 15.5 Å². The number of rotatable bonds is 10. The van der Waals surface area contributed by atoms with Crippen LogP contribution < -0.4 is 10.6 Å². The standard InChI is InChI=1S/C19H34N4O2S.HI/c1-6-16(3)23(4)15-14-22-19(20-7-2)21-13-12-17-8-10-18(11-9-17)26(5,24)25;/h8-11,16H,6-7,12-15H2,1-5H3,(H2,20,21,22);1H. The maximum Gasteiger partial charge on any atom is 0.191 e. The zero-order chi connectivity index (χ0) is 19.6. The molecule has 0 spiro atoms. The maximum atomic E-state index is 11.5. The van der Waals surface area contributed by atoms with Crippen molar-refractivity contribution in [2.24, 2.45) is 4.99 Å². The molecule has 0 fully saturated rings. The number of hydrogen-bond acceptors (Lipinski definition) is 4. The third kappa shape index (κ3) is 10.3. The van der Waals surface area contributed by atoms with Gasteiger partial charge in [-0.2, -0.15) is 0 Å². The fraction of sp³-hybridized carbons (Fsp3) is 0.632. The summed E-state index contributed by atoms with van der Waals surface area (Å²) in [4.78, 5) is 7.29. The molecular formula is C19H35IN4O2S. The van der Waals surface area contributed by atoms with Crippen LogP contribution in [0.2, 0.25) is 0 Å². The molecule has 0 radical (unpaired) electrons. The minimum absolute atomic E-state index is 0. The van der Waals surface area contributed by atoms with Crippen LogP contribution in [0.15, 0.2) is 34.2 Å². The summed E-state index contributed by atoms with van der Waals surface area (Å²) >= 11 is 0. The van der Waals surface area contributed by atoms with Gasteiger partial charge in [0.2, 0.25) is 0 Å². The summed E-state index contributed by atoms with van der Waals surface area (Å²) in [7, 11) is -1.01. The summed E-state index contributed by atoms with van der Waals surface area (Å²) in [5.74, 6) is 0.817. The maximum absolute atomic E-state index is 11.5. The van der Waals surface area contributed by atoms with Gasteiger partial charge in [0, 0.05) is 31.9 Å². The normalized spacial score (nSPS) is 13.2.